The first-order chi connectivity index (χ1) is 11.5. The molecule has 0 fully saturated rings. The number of hydrogen-bond acceptors (Lipinski definition) is 6. The van der Waals surface area contributed by atoms with E-state index in [2.05, 4.69) is 15.3 Å². The summed E-state index contributed by atoms with van der Waals surface area (Å²) in [7, 11) is 1.55. The van der Waals surface area contributed by atoms with Gasteiger partial charge in [0.25, 0.3) is 0 Å². The third-order valence-corrected chi connectivity index (χ3v) is 3.90. The number of imidazole rings is 1. The maximum Gasteiger partial charge on any atom is 0.356 e. The summed E-state index contributed by atoms with van der Waals surface area (Å²) in [5.74, 6) is 0.0812. The summed E-state index contributed by atoms with van der Waals surface area (Å²) in [5, 5.41) is 3.28. The van der Waals surface area contributed by atoms with Gasteiger partial charge in [0.1, 0.15) is 11.4 Å². The first-order valence-electron chi connectivity index (χ1n) is 7.33. The Morgan fingerprint density at radius 3 is 2.88 bits per heavy atom. The van der Waals surface area contributed by atoms with Gasteiger partial charge in [0.2, 0.25) is 5.91 Å². The summed E-state index contributed by atoms with van der Waals surface area (Å²) in [5.41, 5.74) is 1.90. The van der Waals surface area contributed by atoms with Gasteiger partial charge in [0.15, 0.2) is 5.16 Å². The van der Waals surface area contributed by atoms with E-state index in [1.54, 1.807) is 20.1 Å². The van der Waals surface area contributed by atoms with Crippen molar-refractivity contribution in [3.05, 3.63) is 35.7 Å². The Morgan fingerprint density at radius 1 is 1.38 bits per heavy atom. The van der Waals surface area contributed by atoms with Gasteiger partial charge in [0.05, 0.1) is 31.4 Å². The lowest BCUT2D eigenvalue weighted by atomic mass is 10.2. The number of nitrogens with zero attached hydrogens (tertiary/aromatic N) is 1. The van der Waals surface area contributed by atoms with E-state index >= 15 is 0 Å². The molecule has 7 nitrogen and oxygen atoms in total. The van der Waals surface area contributed by atoms with Gasteiger partial charge in [-0.2, -0.15) is 0 Å². The molecule has 0 saturated carbocycles. The predicted molar refractivity (Wildman–Crippen MR) is 91.6 cm³/mol. The number of H-pyrrole nitrogens is 1. The largest absolute Gasteiger partial charge is 0.495 e. The number of anilines is 1. The maximum absolute atomic E-state index is 12.1. The number of amides is 1. The lowest BCUT2D eigenvalue weighted by molar-refractivity contribution is -0.113. The van der Waals surface area contributed by atoms with Gasteiger partial charge in [0, 0.05) is 0 Å². The third-order valence-electron chi connectivity index (χ3n) is 3.02. The number of benzene rings is 1. The molecule has 1 amide bonds. The smallest absolute Gasteiger partial charge is 0.356 e. The first-order valence-corrected chi connectivity index (χ1v) is 8.31. The van der Waals surface area contributed by atoms with Gasteiger partial charge in [-0.25, -0.2) is 9.78 Å². The van der Waals surface area contributed by atoms with Gasteiger partial charge < -0.3 is 19.8 Å². The number of thioether (sulfide) groups is 1. The number of carbonyl (C=O) groups is 2. The number of aromatic amines is 1. The van der Waals surface area contributed by atoms with Crippen LogP contribution in [0.15, 0.2) is 29.6 Å². The van der Waals surface area contributed by atoms with Crippen LogP contribution >= 0.6 is 11.8 Å². The summed E-state index contributed by atoms with van der Waals surface area (Å²) in [6, 6.07) is 5.55. The molecule has 0 radical (unpaired) electrons. The molecule has 1 aromatic carbocycles. The van der Waals surface area contributed by atoms with Crippen LogP contribution in [0.2, 0.25) is 0 Å². The summed E-state index contributed by atoms with van der Waals surface area (Å²) >= 11 is 1.19. The van der Waals surface area contributed by atoms with Gasteiger partial charge in [-0.1, -0.05) is 17.8 Å². The second kappa shape index (κ2) is 8.39. The SMILES string of the molecule is CCOC(=O)c1cnc(SCC(=O)Nc2cc(C)ccc2OC)[nH]1. The maximum atomic E-state index is 12.1. The van der Waals surface area contributed by atoms with Gasteiger partial charge >= 0.3 is 5.97 Å². The Balaban J connectivity index is 1.92. The molecular formula is C16H19N3O4S. The minimum atomic E-state index is -0.467. The normalized spacial score (nSPS) is 10.3. The fourth-order valence-electron chi connectivity index (χ4n) is 1.93. The number of esters is 1. The van der Waals surface area contributed by atoms with E-state index in [0.29, 0.717) is 23.2 Å². The zero-order valence-electron chi connectivity index (χ0n) is 13.7. The van der Waals surface area contributed by atoms with E-state index in [1.165, 1.54) is 18.0 Å². The number of aromatic nitrogens is 2. The molecule has 24 heavy (non-hydrogen) atoms. The Kier molecular flexibility index (Phi) is 6.25. The minimum absolute atomic E-state index is 0.146. The van der Waals surface area contributed by atoms with Crippen LogP contribution in [-0.4, -0.2) is 41.3 Å². The second-order valence-corrected chi connectivity index (χ2v) is 5.83. The molecule has 0 spiro atoms. The highest BCUT2D eigenvalue weighted by atomic mass is 32.2. The molecule has 2 rings (SSSR count). The number of aryl methyl sites for hydroxylation is 1. The van der Waals surface area contributed by atoms with Crippen molar-refractivity contribution in [3.63, 3.8) is 0 Å². The molecule has 0 aliphatic heterocycles. The number of methoxy groups -OCH3 is 1. The van der Waals surface area contributed by atoms with Crippen molar-refractivity contribution in [2.75, 3.05) is 24.8 Å². The molecule has 128 valence electrons. The molecule has 0 unspecified atom stereocenters. The first kappa shape index (κ1) is 17.9. The van der Waals surface area contributed by atoms with Crippen LogP contribution in [0.4, 0.5) is 5.69 Å². The average Bonchev–Trinajstić information content (AvgIpc) is 3.02. The molecular weight excluding hydrogens is 330 g/mol. The van der Waals surface area contributed by atoms with E-state index in [1.807, 2.05) is 19.1 Å². The van der Waals surface area contributed by atoms with Crippen LogP contribution in [0.5, 0.6) is 5.75 Å². The van der Waals surface area contributed by atoms with E-state index < -0.39 is 5.97 Å². The monoisotopic (exact) mass is 349 g/mol. The topological polar surface area (TPSA) is 93.3 Å². The zero-order valence-corrected chi connectivity index (χ0v) is 14.5. The molecule has 0 saturated heterocycles. The average molecular weight is 349 g/mol. The number of rotatable bonds is 7. The van der Waals surface area contributed by atoms with Crippen molar-refractivity contribution in [1.29, 1.82) is 0 Å². The van der Waals surface area contributed by atoms with E-state index in [0.717, 1.165) is 5.56 Å². The predicted octanol–water partition coefficient (Wildman–Crippen LogP) is 2.63. The molecule has 1 heterocycles. The molecule has 0 aliphatic rings. The minimum Gasteiger partial charge on any atom is -0.495 e. The van der Waals surface area contributed by atoms with Crippen molar-refractivity contribution < 1.29 is 19.1 Å². The fourth-order valence-corrected chi connectivity index (χ4v) is 2.58. The summed E-state index contributed by atoms with van der Waals surface area (Å²) in [6.07, 6.45) is 1.39. The van der Waals surface area contributed by atoms with Crippen LogP contribution in [0.3, 0.4) is 0 Å². The summed E-state index contributed by atoms with van der Waals surface area (Å²) < 4.78 is 10.1. The van der Waals surface area contributed by atoms with Gasteiger partial charge in [-0.05, 0) is 31.5 Å². The molecule has 2 aromatic rings. The molecule has 0 aliphatic carbocycles. The third kappa shape index (κ3) is 4.76. The Hall–Kier alpha value is -2.48. The molecule has 1 aromatic heterocycles. The Bertz CT molecular complexity index is 730. The highest BCUT2D eigenvalue weighted by Crippen LogP contribution is 2.25. The standard InChI is InChI=1S/C16H19N3O4S/c1-4-23-15(21)12-8-17-16(19-12)24-9-14(20)18-11-7-10(2)5-6-13(11)22-3/h5-8H,4,9H2,1-3H3,(H,17,19)(H,18,20). The van der Waals surface area contributed by atoms with Crippen molar-refractivity contribution >= 4 is 29.3 Å². The number of hydrogen-bond donors (Lipinski definition) is 2. The van der Waals surface area contributed by atoms with Gasteiger partial charge in [-0.3, -0.25) is 4.79 Å². The van der Waals surface area contributed by atoms with Crippen molar-refractivity contribution in [2.24, 2.45) is 0 Å². The van der Waals surface area contributed by atoms with Crippen LogP contribution in [0, 0.1) is 6.92 Å². The highest BCUT2D eigenvalue weighted by molar-refractivity contribution is 7.99. The van der Waals surface area contributed by atoms with E-state index in [9.17, 15) is 9.59 Å². The summed E-state index contributed by atoms with van der Waals surface area (Å²) in [6.45, 7) is 3.96. The number of carbonyl (C=O) groups excluding carboxylic acids is 2. The van der Waals surface area contributed by atoms with Crippen molar-refractivity contribution in [2.45, 2.75) is 19.0 Å². The van der Waals surface area contributed by atoms with Crippen LogP contribution in [0.1, 0.15) is 23.0 Å². The molecule has 0 atom stereocenters. The quantitative estimate of drug-likeness (QED) is 0.589. The van der Waals surface area contributed by atoms with Crippen molar-refractivity contribution in [3.8, 4) is 5.75 Å². The van der Waals surface area contributed by atoms with E-state index in [-0.39, 0.29) is 17.4 Å². The molecule has 8 heteroatoms. The summed E-state index contributed by atoms with van der Waals surface area (Å²) in [4.78, 5) is 30.5. The Labute approximate surface area is 144 Å². The molecule has 0 bridgehead atoms. The fraction of sp³-hybridized carbons (Fsp3) is 0.312. The lowest BCUT2D eigenvalue weighted by Gasteiger charge is -2.10. The zero-order chi connectivity index (χ0) is 17.5. The Morgan fingerprint density at radius 2 is 2.17 bits per heavy atom. The van der Waals surface area contributed by atoms with E-state index in [4.69, 9.17) is 9.47 Å². The lowest BCUT2D eigenvalue weighted by Crippen LogP contribution is -2.15. The molecule has 2 N–H and O–H groups in total. The number of ether oxygens (including phenoxy) is 2. The van der Waals surface area contributed by atoms with Crippen LogP contribution in [0.25, 0.3) is 0 Å². The van der Waals surface area contributed by atoms with Crippen LogP contribution < -0.4 is 10.1 Å². The van der Waals surface area contributed by atoms with Crippen LogP contribution in [-0.2, 0) is 9.53 Å². The number of nitrogens with one attached hydrogen (secondary N) is 2. The highest BCUT2D eigenvalue weighted by Gasteiger charge is 2.13. The van der Waals surface area contributed by atoms with Gasteiger partial charge in [-0.15, -0.1) is 0 Å². The second-order valence-electron chi connectivity index (χ2n) is 4.86. The van der Waals surface area contributed by atoms with Crippen molar-refractivity contribution in [1.82, 2.24) is 9.97 Å².